The van der Waals surface area contributed by atoms with E-state index >= 15 is 4.39 Å². The Morgan fingerprint density at radius 2 is 1.65 bits per heavy atom. The van der Waals surface area contributed by atoms with E-state index < -0.39 is 54.9 Å². The van der Waals surface area contributed by atoms with Crippen molar-refractivity contribution in [2.24, 2.45) is 5.41 Å². The Hall–Kier alpha value is -4.06. The van der Waals surface area contributed by atoms with Gasteiger partial charge in [0, 0.05) is 17.0 Å². The zero-order chi connectivity index (χ0) is 27.1. The standard InChI is InChI=1S/C25H20F4N4O3S/c1-25(2,3)23(34)32-24-30-12-14-11-13(7-9-17(14)31-24)20-15(26)8-10-18(22(20)29)33-37(35,36)19-6-4-5-16(27)21(19)28/h4-12,33H,1-3H3,(H,30,31,32,34). The van der Waals surface area contributed by atoms with Crippen LogP contribution in [0.2, 0.25) is 0 Å². The number of anilines is 2. The van der Waals surface area contributed by atoms with Crippen molar-refractivity contribution < 1.29 is 30.8 Å². The summed E-state index contributed by atoms with van der Waals surface area (Å²) in [6.07, 6.45) is 1.36. The van der Waals surface area contributed by atoms with Crippen LogP contribution in [0.1, 0.15) is 20.8 Å². The van der Waals surface area contributed by atoms with Crippen molar-refractivity contribution in [1.82, 2.24) is 9.97 Å². The molecule has 0 aliphatic carbocycles. The number of nitrogens with one attached hydrogen (secondary N) is 2. The largest absolute Gasteiger partial charge is 0.294 e. The Kier molecular flexibility index (Phi) is 6.63. The summed E-state index contributed by atoms with van der Waals surface area (Å²) >= 11 is 0. The fraction of sp³-hybridized carbons (Fsp3) is 0.160. The zero-order valence-corrected chi connectivity index (χ0v) is 20.6. The van der Waals surface area contributed by atoms with Gasteiger partial charge >= 0.3 is 0 Å². The van der Waals surface area contributed by atoms with Crippen molar-refractivity contribution in [2.45, 2.75) is 25.7 Å². The number of nitrogens with zero attached hydrogens (tertiary/aromatic N) is 2. The number of halogens is 4. The molecule has 192 valence electrons. The Morgan fingerprint density at radius 1 is 0.919 bits per heavy atom. The molecule has 37 heavy (non-hydrogen) atoms. The SMILES string of the molecule is CC(C)(C)C(=O)Nc1ncc2cc(-c3c(F)ccc(NS(=O)(=O)c4cccc(F)c4F)c3F)ccc2n1. The van der Waals surface area contributed by atoms with E-state index in [9.17, 15) is 26.4 Å². The number of benzene rings is 3. The monoisotopic (exact) mass is 532 g/mol. The maximum atomic E-state index is 15.4. The van der Waals surface area contributed by atoms with Gasteiger partial charge in [0.1, 0.15) is 10.7 Å². The summed E-state index contributed by atoms with van der Waals surface area (Å²) < 4.78 is 84.6. The highest BCUT2D eigenvalue weighted by molar-refractivity contribution is 7.92. The van der Waals surface area contributed by atoms with Gasteiger partial charge in [-0.3, -0.25) is 14.8 Å². The second-order valence-electron chi connectivity index (χ2n) is 9.11. The summed E-state index contributed by atoms with van der Waals surface area (Å²) in [4.78, 5) is 19.4. The molecule has 0 bridgehead atoms. The number of carbonyl (C=O) groups excluding carboxylic acids is 1. The third kappa shape index (κ3) is 5.24. The second kappa shape index (κ2) is 9.43. The van der Waals surface area contributed by atoms with E-state index in [0.717, 1.165) is 30.3 Å². The molecule has 12 heteroatoms. The van der Waals surface area contributed by atoms with E-state index in [2.05, 4.69) is 15.3 Å². The number of sulfonamides is 1. The lowest BCUT2D eigenvalue weighted by molar-refractivity contribution is -0.123. The minimum Gasteiger partial charge on any atom is -0.294 e. The van der Waals surface area contributed by atoms with Crippen molar-refractivity contribution in [3.05, 3.63) is 78.0 Å². The van der Waals surface area contributed by atoms with Crippen LogP contribution in [-0.4, -0.2) is 24.3 Å². The number of aromatic nitrogens is 2. The second-order valence-corrected chi connectivity index (χ2v) is 10.8. The highest BCUT2D eigenvalue weighted by atomic mass is 32.2. The van der Waals surface area contributed by atoms with Gasteiger partial charge in [-0.1, -0.05) is 32.9 Å². The topological polar surface area (TPSA) is 101 Å². The van der Waals surface area contributed by atoms with Crippen molar-refractivity contribution in [3.8, 4) is 11.1 Å². The summed E-state index contributed by atoms with van der Waals surface area (Å²) in [5.74, 6) is -5.54. The molecule has 0 fully saturated rings. The average molecular weight is 533 g/mol. The molecule has 0 unspecified atom stereocenters. The molecule has 0 aliphatic rings. The van der Waals surface area contributed by atoms with Crippen LogP contribution in [0.15, 0.2) is 59.6 Å². The Bertz CT molecular complexity index is 1650. The minimum absolute atomic E-state index is 0.0376. The van der Waals surface area contributed by atoms with Gasteiger partial charge in [-0.25, -0.2) is 35.9 Å². The number of rotatable bonds is 5. The molecule has 0 aliphatic heterocycles. The average Bonchev–Trinajstić information content (AvgIpc) is 2.82. The van der Waals surface area contributed by atoms with E-state index in [1.807, 2.05) is 4.72 Å². The van der Waals surface area contributed by atoms with E-state index in [-0.39, 0.29) is 17.4 Å². The molecule has 1 heterocycles. The third-order valence-corrected chi connectivity index (χ3v) is 6.70. The lowest BCUT2D eigenvalue weighted by Gasteiger charge is -2.16. The van der Waals surface area contributed by atoms with Gasteiger partial charge in [-0.05, 0) is 42.0 Å². The van der Waals surface area contributed by atoms with E-state index in [1.54, 1.807) is 20.8 Å². The Labute approximate surface area is 209 Å². The molecule has 0 saturated carbocycles. The predicted octanol–water partition coefficient (Wildman–Crippen LogP) is 5.64. The van der Waals surface area contributed by atoms with Gasteiger partial charge in [0.25, 0.3) is 10.0 Å². The van der Waals surface area contributed by atoms with Crippen LogP contribution in [0.25, 0.3) is 22.0 Å². The van der Waals surface area contributed by atoms with Crippen molar-refractivity contribution in [1.29, 1.82) is 0 Å². The molecule has 4 rings (SSSR count). The summed E-state index contributed by atoms with van der Waals surface area (Å²) in [5, 5.41) is 2.98. The molecule has 0 radical (unpaired) electrons. The van der Waals surface area contributed by atoms with Crippen LogP contribution in [0, 0.1) is 28.7 Å². The van der Waals surface area contributed by atoms with Crippen LogP contribution >= 0.6 is 0 Å². The maximum Gasteiger partial charge on any atom is 0.265 e. The van der Waals surface area contributed by atoms with Gasteiger partial charge in [0.2, 0.25) is 11.9 Å². The molecule has 7 nitrogen and oxygen atoms in total. The maximum absolute atomic E-state index is 15.4. The molecule has 2 N–H and O–H groups in total. The van der Waals surface area contributed by atoms with Gasteiger partial charge < -0.3 is 0 Å². The van der Waals surface area contributed by atoms with Crippen LogP contribution in [-0.2, 0) is 14.8 Å². The summed E-state index contributed by atoms with van der Waals surface area (Å²) in [6.45, 7) is 5.17. The number of fused-ring (bicyclic) bond motifs is 1. The molecular weight excluding hydrogens is 512 g/mol. The minimum atomic E-state index is -4.74. The van der Waals surface area contributed by atoms with E-state index in [1.165, 1.54) is 24.4 Å². The molecule has 1 amide bonds. The van der Waals surface area contributed by atoms with E-state index in [4.69, 9.17) is 0 Å². The fourth-order valence-corrected chi connectivity index (χ4v) is 4.47. The first-order valence-electron chi connectivity index (χ1n) is 10.8. The van der Waals surface area contributed by atoms with Crippen LogP contribution < -0.4 is 10.0 Å². The van der Waals surface area contributed by atoms with Gasteiger partial charge in [-0.15, -0.1) is 0 Å². The molecular formula is C25H20F4N4O3S. The molecule has 3 aromatic carbocycles. The molecule has 0 spiro atoms. The number of hydrogen-bond donors (Lipinski definition) is 2. The summed E-state index contributed by atoms with van der Waals surface area (Å²) in [5.41, 5.74) is -1.49. The predicted molar refractivity (Wildman–Crippen MR) is 130 cm³/mol. The Balaban J connectivity index is 1.70. The molecule has 0 atom stereocenters. The summed E-state index contributed by atoms with van der Waals surface area (Å²) in [6, 6.07) is 8.39. The molecule has 0 saturated heterocycles. The van der Waals surface area contributed by atoms with Crippen molar-refractivity contribution >= 4 is 38.5 Å². The first-order valence-corrected chi connectivity index (χ1v) is 12.3. The molecule has 4 aromatic rings. The Morgan fingerprint density at radius 3 is 2.35 bits per heavy atom. The lowest BCUT2D eigenvalue weighted by Crippen LogP contribution is -2.28. The van der Waals surface area contributed by atoms with Crippen LogP contribution in [0.3, 0.4) is 0 Å². The third-order valence-electron chi connectivity index (χ3n) is 5.32. The fourth-order valence-electron chi connectivity index (χ4n) is 3.33. The van der Waals surface area contributed by atoms with Crippen molar-refractivity contribution in [3.63, 3.8) is 0 Å². The number of amides is 1. The van der Waals surface area contributed by atoms with Gasteiger partial charge in [-0.2, -0.15) is 0 Å². The normalized spacial score (nSPS) is 12.0. The quantitative estimate of drug-likeness (QED) is 0.324. The smallest absolute Gasteiger partial charge is 0.265 e. The molecule has 1 aromatic heterocycles. The summed E-state index contributed by atoms with van der Waals surface area (Å²) in [7, 11) is -4.74. The highest BCUT2D eigenvalue weighted by Crippen LogP contribution is 2.33. The number of carbonyl (C=O) groups is 1. The van der Waals surface area contributed by atoms with Crippen LogP contribution in [0.5, 0.6) is 0 Å². The first-order chi connectivity index (χ1) is 17.3. The van der Waals surface area contributed by atoms with Crippen molar-refractivity contribution in [2.75, 3.05) is 10.0 Å². The van der Waals surface area contributed by atoms with Crippen LogP contribution in [0.4, 0.5) is 29.2 Å². The highest BCUT2D eigenvalue weighted by Gasteiger charge is 2.25. The zero-order valence-electron chi connectivity index (χ0n) is 19.7. The van der Waals surface area contributed by atoms with Gasteiger partial charge in [0.05, 0.1) is 16.8 Å². The number of hydrogen-bond acceptors (Lipinski definition) is 5. The van der Waals surface area contributed by atoms with Gasteiger partial charge in [0.15, 0.2) is 17.5 Å². The first kappa shape index (κ1) is 26.0. The lowest BCUT2D eigenvalue weighted by atomic mass is 9.96. The van der Waals surface area contributed by atoms with E-state index in [0.29, 0.717) is 10.9 Å².